The van der Waals surface area contributed by atoms with E-state index in [4.69, 9.17) is 4.74 Å². The fraction of sp³-hybridized carbons (Fsp3) is 0.600. The molecular weight excluding hydrogens is 245 g/mol. The third kappa shape index (κ3) is 4.18. The van der Waals surface area contributed by atoms with E-state index in [1.54, 1.807) is 18.2 Å². The largest absolute Gasteiger partial charge is 0.488 e. The van der Waals surface area contributed by atoms with E-state index in [0.717, 1.165) is 6.54 Å². The van der Waals surface area contributed by atoms with Gasteiger partial charge in [-0.15, -0.1) is 0 Å². The number of likely N-dealkylation sites (tertiary alicyclic amines) is 1. The molecule has 1 aliphatic rings. The van der Waals surface area contributed by atoms with E-state index >= 15 is 0 Å². The molecule has 1 N–H and O–H groups in total. The number of aliphatic hydroxyl groups is 1. The molecule has 1 saturated heterocycles. The van der Waals surface area contributed by atoms with Crippen LogP contribution in [0.15, 0.2) is 24.3 Å². The van der Waals surface area contributed by atoms with Gasteiger partial charge in [-0.05, 0) is 38.4 Å². The highest BCUT2D eigenvalue weighted by Crippen LogP contribution is 2.18. The van der Waals surface area contributed by atoms with Crippen molar-refractivity contribution in [1.29, 1.82) is 0 Å². The average Bonchev–Trinajstić information content (AvgIpc) is 2.40. The Morgan fingerprint density at radius 2 is 2.21 bits per heavy atom. The molecule has 19 heavy (non-hydrogen) atoms. The second-order valence-electron chi connectivity index (χ2n) is 5.23. The standard InChI is InChI=1S/C15H22FNO2/c1-12-6-4-5-9-17(12)10-13(18)11-19-15-8-3-2-7-14(15)16/h2-3,7-8,12-13,18H,4-6,9-11H2,1H3/t12-,13+/m1/s1. The highest BCUT2D eigenvalue weighted by molar-refractivity contribution is 5.23. The van der Waals surface area contributed by atoms with E-state index in [0.29, 0.717) is 12.6 Å². The monoisotopic (exact) mass is 267 g/mol. The summed E-state index contributed by atoms with van der Waals surface area (Å²) in [5.74, 6) is -0.186. The van der Waals surface area contributed by atoms with Crippen LogP contribution in [-0.4, -0.2) is 41.8 Å². The molecule has 1 fully saturated rings. The van der Waals surface area contributed by atoms with E-state index in [-0.39, 0.29) is 18.2 Å². The highest BCUT2D eigenvalue weighted by atomic mass is 19.1. The summed E-state index contributed by atoms with van der Waals surface area (Å²) in [6.45, 7) is 3.93. The van der Waals surface area contributed by atoms with Crippen molar-refractivity contribution in [2.75, 3.05) is 19.7 Å². The van der Waals surface area contributed by atoms with Gasteiger partial charge in [0.25, 0.3) is 0 Å². The molecule has 0 aliphatic carbocycles. The van der Waals surface area contributed by atoms with Crippen molar-refractivity contribution in [1.82, 2.24) is 4.90 Å². The Bertz CT molecular complexity index is 399. The molecule has 0 radical (unpaired) electrons. The molecule has 4 heteroatoms. The first-order valence-corrected chi connectivity index (χ1v) is 6.96. The van der Waals surface area contributed by atoms with Crippen molar-refractivity contribution in [2.24, 2.45) is 0 Å². The molecule has 1 heterocycles. The Morgan fingerprint density at radius 3 is 2.95 bits per heavy atom. The summed E-state index contributed by atoms with van der Waals surface area (Å²) in [7, 11) is 0. The van der Waals surface area contributed by atoms with Gasteiger partial charge in [0.2, 0.25) is 0 Å². The topological polar surface area (TPSA) is 32.7 Å². The number of piperidine rings is 1. The Kier molecular flexibility index (Phi) is 5.16. The minimum absolute atomic E-state index is 0.129. The smallest absolute Gasteiger partial charge is 0.165 e. The van der Waals surface area contributed by atoms with Crippen LogP contribution in [0.2, 0.25) is 0 Å². The molecule has 0 saturated carbocycles. The zero-order chi connectivity index (χ0) is 13.7. The maximum atomic E-state index is 13.3. The maximum Gasteiger partial charge on any atom is 0.165 e. The van der Waals surface area contributed by atoms with Crippen LogP contribution in [0.1, 0.15) is 26.2 Å². The third-order valence-corrected chi connectivity index (χ3v) is 3.65. The molecule has 2 atom stereocenters. The second kappa shape index (κ2) is 6.87. The molecular formula is C15H22FNO2. The zero-order valence-electron chi connectivity index (χ0n) is 11.4. The predicted molar refractivity (Wildman–Crippen MR) is 72.8 cm³/mol. The summed E-state index contributed by atoms with van der Waals surface area (Å²) in [5, 5.41) is 9.98. The summed E-state index contributed by atoms with van der Waals surface area (Å²) in [5.41, 5.74) is 0. The van der Waals surface area contributed by atoms with E-state index in [1.807, 2.05) is 0 Å². The van der Waals surface area contributed by atoms with Crippen molar-refractivity contribution in [3.63, 3.8) is 0 Å². The van der Waals surface area contributed by atoms with Crippen LogP contribution in [0, 0.1) is 5.82 Å². The van der Waals surface area contributed by atoms with Gasteiger partial charge < -0.3 is 9.84 Å². The van der Waals surface area contributed by atoms with Crippen LogP contribution in [0.5, 0.6) is 5.75 Å². The van der Waals surface area contributed by atoms with Gasteiger partial charge in [-0.2, -0.15) is 0 Å². The number of hydrogen-bond acceptors (Lipinski definition) is 3. The normalized spacial score (nSPS) is 22.2. The lowest BCUT2D eigenvalue weighted by atomic mass is 10.0. The Labute approximate surface area is 114 Å². The molecule has 3 nitrogen and oxygen atoms in total. The van der Waals surface area contributed by atoms with Crippen molar-refractivity contribution in [3.05, 3.63) is 30.1 Å². The van der Waals surface area contributed by atoms with E-state index in [2.05, 4.69) is 11.8 Å². The predicted octanol–water partition coefficient (Wildman–Crippen LogP) is 2.44. The Balaban J connectivity index is 1.78. The van der Waals surface area contributed by atoms with Crippen LogP contribution in [0.4, 0.5) is 4.39 Å². The molecule has 0 spiro atoms. The van der Waals surface area contributed by atoms with Crippen LogP contribution >= 0.6 is 0 Å². The summed E-state index contributed by atoms with van der Waals surface area (Å²) in [4.78, 5) is 2.28. The van der Waals surface area contributed by atoms with Crippen molar-refractivity contribution < 1.29 is 14.2 Å². The number of rotatable bonds is 5. The van der Waals surface area contributed by atoms with E-state index in [1.165, 1.54) is 25.3 Å². The summed E-state index contributed by atoms with van der Waals surface area (Å²) in [6.07, 6.45) is 3.05. The van der Waals surface area contributed by atoms with Crippen LogP contribution in [0.3, 0.4) is 0 Å². The third-order valence-electron chi connectivity index (χ3n) is 3.65. The minimum Gasteiger partial charge on any atom is -0.488 e. The minimum atomic E-state index is -0.583. The fourth-order valence-electron chi connectivity index (χ4n) is 2.50. The first-order valence-electron chi connectivity index (χ1n) is 6.96. The number of nitrogens with zero attached hydrogens (tertiary/aromatic N) is 1. The Hall–Kier alpha value is -1.13. The van der Waals surface area contributed by atoms with Gasteiger partial charge in [-0.3, -0.25) is 4.90 Å². The number of benzene rings is 1. The Morgan fingerprint density at radius 1 is 1.42 bits per heavy atom. The number of ether oxygens (including phenoxy) is 1. The van der Waals surface area contributed by atoms with Gasteiger partial charge in [-0.1, -0.05) is 18.6 Å². The molecule has 0 bridgehead atoms. The van der Waals surface area contributed by atoms with Gasteiger partial charge >= 0.3 is 0 Å². The van der Waals surface area contributed by atoms with Gasteiger partial charge in [-0.25, -0.2) is 4.39 Å². The van der Waals surface area contributed by atoms with Crippen molar-refractivity contribution >= 4 is 0 Å². The lowest BCUT2D eigenvalue weighted by Crippen LogP contribution is -2.43. The van der Waals surface area contributed by atoms with Crippen LogP contribution in [-0.2, 0) is 0 Å². The lowest BCUT2D eigenvalue weighted by Gasteiger charge is -2.34. The maximum absolute atomic E-state index is 13.3. The second-order valence-corrected chi connectivity index (χ2v) is 5.23. The first-order chi connectivity index (χ1) is 9.16. The number of para-hydroxylation sites is 1. The van der Waals surface area contributed by atoms with Gasteiger partial charge in [0.1, 0.15) is 12.7 Å². The highest BCUT2D eigenvalue weighted by Gasteiger charge is 2.21. The SMILES string of the molecule is C[C@@H]1CCCCN1C[C@H](O)COc1ccccc1F. The summed E-state index contributed by atoms with van der Waals surface area (Å²) in [6, 6.07) is 6.78. The molecule has 1 aromatic rings. The molecule has 2 rings (SSSR count). The summed E-state index contributed by atoms with van der Waals surface area (Å²) < 4.78 is 18.7. The van der Waals surface area contributed by atoms with Gasteiger partial charge in [0.15, 0.2) is 11.6 Å². The number of aliphatic hydroxyl groups excluding tert-OH is 1. The number of β-amino-alcohol motifs (C(OH)–C–C–N with tert-alkyl or cyclic N) is 1. The van der Waals surface area contributed by atoms with Crippen LogP contribution < -0.4 is 4.74 Å². The molecule has 1 aliphatic heterocycles. The zero-order valence-corrected chi connectivity index (χ0v) is 11.4. The van der Waals surface area contributed by atoms with Gasteiger partial charge in [0, 0.05) is 12.6 Å². The summed E-state index contributed by atoms with van der Waals surface area (Å²) >= 11 is 0. The number of hydrogen-bond donors (Lipinski definition) is 1. The van der Waals surface area contributed by atoms with Crippen molar-refractivity contribution in [3.8, 4) is 5.75 Å². The van der Waals surface area contributed by atoms with Crippen molar-refractivity contribution in [2.45, 2.75) is 38.3 Å². The lowest BCUT2D eigenvalue weighted by molar-refractivity contribution is 0.0428. The molecule has 0 amide bonds. The molecule has 0 aromatic heterocycles. The molecule has 0 unspecified atom stereocenters. The molecule has 106 valence electrons. The van der Waals surface area contributed by atoms with E-state index in [9.17, 15) is 9.50 Å². The van der Waals surface area contributed by atoms with Gasteiger partial charge in [0.05, 0.1) is 0 Å². The first kappa shape index (κ1) is 14.3. The van der Waals surface area contributed by atoms with E-state index < -0.39 is 6.10 Å². The average molecular weight is 267 g/mol. The fourth-order valence-corrected chi connectivity index (χ4v) is 2.50. The number of halogens is 1. The molecule has 1 aromatic carbocycles. The van der Waals surface area contributed by atoms with Crippen LogP contribution in [0.25, 0.3) is 0 Å². The quantitative estimate of drug-likeness (QED) is 0.889.